The summed E-state index contributed by atoms with van der Waals surface area (Å²) in [5.41, 5.74) is 5.72. The lowest BCUT2D eigenvalue weighted by Crippen LogP contribution is -2.28. The predicted molar refractivity (Wildman–Crippen MR) is 106 cm³/mol. The van der Waals surface area contributed by atoms with Gasteiger partial charge in [-0.1, -0.05) is 54.6 Å². The third-order valence-electron chi connectivity index (χ3n) is 6.41. The van der Waals surface area contributed by atoms with Gasteiger partial charge in [-0.25, -0.2) is 9.98 Å². The average molecular weight is 339 g/mol. The molecule has 2 aromatic carbocycles. The summed E-state index contributed by atoms with van der Waals surface area (Å²) in [4.78, 5) is 14.5. The minimum absolute atomic E-state index is 0.316. The van der Waals surface area contributed by atoms with Crippen LogP contribution in [0.1, 0.15) is 37.7 Å². The Morgan fingerprint density at radius 2 is 1.50 bits per heavy atom. The van der Waals surface area contributed by atoms with E-state index in [4.69, 9.17) is 9.98 Å². The number of hydrogen-bond acceptors (Lipinski definition) is 2. The van der Waals surface area contributed by atoms with Gasteiger partial charge in [-0.15, -0.1) is 0 Å². The first-order valence-electron chi connectivity index (χ1n) is 9.64. The highest BCUT2D eigenvalue weighted by molar-refractivity contribution is 6.19. The maximum atomic E-state index is 4.98. The number of hydrogen-bond donors (Lipinski definition) is 0. The summed E-state index contributed by atoms with van der Waals surface area (Å²) in [5.74, 6) is 1.91. The first-order chi connectivity index (χ1) is 12.8. The molecule has 0 N–H and O–H groups in total. The molecule has 1 aliphatic heterocycles. The third kappa shape index (κ3) is 2.30. The van der Waals surface area contributed by atoms with Crippen molar-refractivity contribution in [1.82, 2.24) is 0 Å². The number of nitrogens with zero attached hydrogens (tertiary/aromatic N) is 3. The van der Waals surface area contributed by atoms with Crippen molar-refractivity contribution in [3.8, 4) is 11.1 Å². The molecule has 2 spiro atoms. The number of aliphatic imine (C=N–C) groups is 3. The molecule has 3 saturated carbocycles. The van der Waals surface area contributed by atoms with Gasteiger partial charge in [0, 0.05) is 22.1 Å². The van der Waals surface area contributed by atoms with E-state index in [1.165, 1.54) is 48.9 Å². The summed E-state index contributed by atoms with van der Waals surface area (Å²) in [7, 11) is 0. The zero-order valence-electron chi connectivity index (χ0n) is 14.8. The normalized spacial score (nSPS) is 25.2. The van der Waals surface area contributed by atoms with E-state index in [0.29, 0.717) is 10.8 Å². The summed E-state index contributed by atoms with van der Waals surface area (Å²) in [6.07, 6.45) is 6.30. The van der Waals surface area contributed by atoms with Crippen molar-refractivity contribution in [2.24, 2.45) is 25.8 Å². The highest BCUT2D eigenvalue weighted by Gasteiger charge is 2.60. The van der Waals surface area contributed by atoms with Crippen molar-refractivity contribution >= 4 is 17.4 Å². The molecule has 0 bridgehead atoms. The molecular formula is C23H21N3. The molecule has 0 unspecified atom stereocenters. The van der Waals surface area contributed by atoms with Crippen LogP contribution in [0.2, 0.25) is 0 Å². The Labute approximate surface area is 153 Å². The van der Waals surface area contributed by atoms with Gasteiger partial charge in [0.15, 0.2) is 5.84 Å². The van der Waals surface area contributed by atoms with Gasteiger partial charge in [0.05, 0.1) is 6.54 Å². The van der Waals surface area contributed by atoms with Gasteiger partial charge in [0.2, 0.25) is 0 Å². The van der Waals surface area contributed by atoms with E-state index in [2.05, 4.69) is 59.6 Å². The molecule has 3 heteroatoms. The fraction of sp³-hybridized carbons (Fsp3) is 0.348. The standard InChI is InChI=1S/C23H21N3/c1-2-4-16(5-3-1)17-6-8-18(9-7-17)20(25-19-14-22(19)10-11-22)26-21-23(12-13-23)15-24-21/h1-9H,10-15H2. The van der Waals surface area contributed by atoms with Crippen LogP contribution in [-0.4, -0.2) is 23.9 Å². The maximum absolute atomic E-state index is 4.98. The molecule has 0 saturated heterocycles. The third-order valence-corrected chi connectivity index (χ3v) is 6.41. The van der Waals surface area contributed by atoms with Crippen molar-refractivity contribution in [3.63, 3.8) is 0 Å². The second-order valence-electron chi connectivity index (χ2n) is 8.31. The van der Waals surface area contributed by atoms with Crippen LogP contribution in [0.3, 0.4) is 0 Å². The minimum Gasteiger partial charge on any atom is -0.269 e. The van der Waals surface area contributed by atoms with Crippen LogP contribution in [0.5, 0.6) is 0 Å². The van der Waals surface area contributed by atoms with Crippen molar-refractivity contribution < 1.29 is 0 Å². The Hall–Kier alpha value is -2.55. The van der Waals surface area contributed by atoms with Crippen LogP contribution < -0.4 is 0 Å². The van der Waals surface area contributed by atoms with Gasteiger partial charge in [-0.05, 0) is 43.2 Å². The van der Waals surface area contributed by atoms with Crippen LogP contribution in [0, 0.1) is 10.8 Å². The van der Waals surface area contributed by atoms with Gasteiger partial charge in [0.25, 0.3) is 0 Å². The lowest BCUT2D eigenvalue weighted by molar-refractivity contribution is 0.634. The molecule has 0 amide bonds. The van der Waals surface area contributed by atoms with Crippen LogP contribution in [0.25, 0.3) is 11.1 Å². The molecule has 0 aromatic heterocycles. The number of amidine groups is 2. The molecule has 4 aliphatic rings. The van der Waals surface area contributed by atoms with Gasteiger partial charge in [-0.2, -0.15) is 0 Å². The smallest absolute Gasteiger partial charge is 0.161 e. The van der Waals surface area contributed by atoms with Crippen LogP contribution in [-0.2, 0) is 0 Å². The molecule has 1 heterocycles. The molecule has 3 aliphatic carbocycles. The second kappa shape index (κ2) is 5.00. The van der Waals surface area contributed by atoms with Gasteiger partial charge in [0.1, 0.15) is 5.84 Å². The van der Waals surface area contributed by atoms with Crippen molar-refractivity contribution in [1.29, 1.82) is 0 Å². The Balaban J connectivity index is 1.35. The number of rotatable bonds is 2. The van der Waals surface area contributed by atoms with E-state index in [-0.39, 0.29) is 0 Å². The SMILES string of the molecule is c1ccc(-c2ccc(C(=NC3=NCC34CC4)N=C3CC34CC4)cc2)cc1. The predicted octanol–water partition coefficient (Wildman–Crippen LogP) is 4.92. The van der Waals surface area contributed by atoms with E-state index < -0.39 is 0 Å². The zero-order valence-corrected chi connectivity index (χ0v) is 14.8. The summed E-state index contributed by atoms with van der Waals surface area (Å²) < 4.78 is 0. The van der Waals surface area contributed by atoms with E-state index >= 15 is 0 Å². The Morgan fingerprint density at radius 3 is 2.08 bits per heavy atom. The van der Waals surface area contributed by atoms with Gasteiger partial charge in [-0.3, -0.25) is 4.99 Å². The van der Waals surface area contributed by atoms with Crippen molar-refractivity contribution in [2.75, 3.05) is 6.54 Å². The first-order valence-corrected chi connectivity index (χ1v) is 9.64. The highest BCUT2D eigenvalue weighted by Crippen LogP contribution is 2.63. The fourth-order valence-corrected chi connectivity index (χ4v) is 3.94. The lowest BCUT2D eigenvalue weighted by atomic mass is 10.0. The molecule has 2 aromatic rings. The maximum Gasteiger partial charge on any atom is 0.161 e. The number of benzene rings is 2. The molecule has 3 fully saturated rings. The Morgan fingerprint density at radius 1 is 0.808 bits per heavy atom. The fourth-order valence-electron chi connectivity index (χ4n) is 3.94. The molecule has 6 rings (SSSR count). The molecule has 0 radical (unpaired) electrons. The molecule has 3 nitrogen and oxygen atoms in total. The van der Waals surface area contributed by atoms with E-state index in [1.807, 2.05) is 0 Å². The van der Waals surface area contributed by atoms with E-state index in [1.54, 1.807) is 0 Å². The summed E-state index contributed by atoms with van der Waals surface area (Å²) in [6.45, 7) is 0.965. The Bertz CT molecular complexity index is 972. The van der Waals surface area contributed by atoms with E-state index in [0.717, 1.165) is 23.8 Å². The average Bonchev–Trinajstić information content (AvgIpc) is 3.58. The monoisotopic (exact) mass is 339 g/mol. The van der Waals surface area contributed by atoms with Crippen LogP contribution in [0.4, 0.5) is 0 Å². The summed E-state index contributed by atoms with van der Waals surface area (Å²) >= 11 is 0. The topological polar surface area (TPSA) is 37.1 Å². The first kappa shape index (κ1) is 14.6. The minimum atomic E-state index is 0.316. The quantitative estimate of drug-likeness (QED) is 0.550. The van der Waals surface area contributed by atoms with Crippen molar-refractivity contribution in [2.45, 2.75) is 32.1 Å². The van der Waals surface area contributed by atoms with Gasteiger partial charge < -0.3 is 0 Å². The van der Waals surface area contributed by atoms with Gasteiger partial charge >= 0.3 is 0 Å². The molecule has 0 atom stereocenters. The molecular weight excluding hydrogens is 318 g/mol. The largest absolute Gasteiger partial charge is 0.269 e. The molecule has 128 valence electrons. The van der Waals surface area contributed by atoms with Crippen molar-refractivity contribution in [3.05, 3.63) is 60.2 Å². The summed E-state index contributed by atoms with van der Waals surface area (Å²) in [5, 5.41) is 0. The molecule has 26 heavy (non-hydrogen) atoms. The summed E-state index contributed by atoms with van der Waals surface area (Å²) in [6, 6.07) is 19.2. The highest BCUT2D eigenvalue weighted by atomic mass is 15.1. The van der Waals surface area contributed by atoms with Crippen LogP contribution in [0.15, 0.2) is 69.6 Å². The Kier molecular flexibility index (Phi) is 2.81. The second-order valence-corrected chi connectivity index (χ2v) is 8.31. The lowest BCUT2D eigenvalue weighted by Gasteiger charge is -2.21. The zero-order chi connectivity index (χ0) is 17.2. The van der Waals surface area contributed by atoms with E-state index in [9.17, 15) is 0 Å². The van der Waals surface area contributed by atoms with Crippen LogP contribution >= 0.6 is 0 Å².